The third-order valence-corrected chi connectivity index (χ3v) is 6.25. The Morgan fingerprint density at radius 1 is 1.19 bits per heavy atom. The van der Waals surface area contributed by atoms with Crippen molar-refractivity contribution in [3.05, 3.63) is 54.1 Å². The van der Waals surface area contributed by atoms with Crippen LogP contribution in [0.15, 0.2) is 53.4 Å². The van der Waals surface area contributed by atoms with Crippen molar-refractivity contribution in [2.45, 2.75) is 30.8 Å². The van der Waals surface area contributed by atoms with Crippen molar-refractivity contribution < 1.29 is 22.7 Å². The summed E-state index contributed by atoms with van der Waals surface area (Å²) >= 11 is 5.13. The number of carbonyl (C=O) groups excluding carboxylic acids is 1. The minimum absolute atomic E-state index is 0.0434. The summed E-state index contributed by atoms with van der Waals surface area (Å²) in [6.45, 7) is 3.68. The molecule has 0 aliphatic carbocycles. The maximum atomic E-state index is 12.7. The summed E-state index contributed by atoms with van der Waals surface area (Å²) in [5.41, 5.74) is 5.61. The molecule has 1 heterocycles. The van der Waals surface area contributed by atoms with E-state index in [2.05, 4.69) is 20.9 Å². The van der Waals surface area contributed by atoms with Crippen LogP contribution in [0.4, 0.5) is 5.69 Å². The molecule has 1 unspecified atom stereocenters. The van der Waals surface area contributed by atoms with Gasteiger partial charge in [-0.2, -0.15) is 0 Å². The molecular formula is C21H26N4O5S2. The van der Waals surface area contributed by atoms with Gasteiger partial charge in [-0.15, -0.1) is 0 Å². The molecule has 1 fully saturated rings. The fourth-order valence-corrected chi connectivity index (χ4v) is 4.28. The monoisotopic (exact) mass is 478 g/mol. The van der Waals surface area contributed by atoms with Gasteiger partial charge in [0.15, 0.2) is 5.11 Å². The van der Waals surface area contributed by atoms with Gasteiger partial charge >= 0.3 is 0 Å². The highest BCUT2D eigenvalue weighted by Gasteiger charge is 2.18. The van der Waals surface area contributed by atoms with E-state index in [1.54, 1.807) is 24.3 Å². The normalized spacial score (nSPS) is 15.6. The van der Waals surface area contributed by atoms with E-state index in [4.69, 9.17) is 21.7 Å². The number of hydrogen-bond acceptors (Lipinski definition) is 6. The van der Waals surface area contributed by atoms with Gasteiger partial charge < -0.3 is 14.8 Å². The first kappa shape index (κ1) is 23.8. The second-order valence-corrected chi connectivity index (χ2v) is 9.11. The van der Waals surface area contributed by atoms with Gasteiger partial charge in [-0.05, 0) is 74.4 Å². The molecule has 0 spiro atoms. The molecule has 32 heavy (non-hydrogen) atoms. The average molecular weight is 479 g/mol. The van der Waals surface area contributed by atoms with Crippen LogP contribution in [0.25, 0.3) is 0 Å². The zero-order chi connectivity index (χ0) is 23.0. The first-order chi connectivity index (χ1) is 15.4. The number of sulfonamides is 1. The molecule has 172 valence electrons. The van der Waals surface area contributed by atoms with Gasteiger partial charge in [-0.3, -0.25) is 20.4 Å². The van der Waals surface area contributed by atoms with E-state index in [-0.39, 0.29) is 21.7 Å². The molecule has 3 rings (SSSR count). The number of carbonyl (C=O) groups is 1. The molecule has 0 radical (unpaired) electrons. The molecule has 1 aliphatic rings. The zero-order valence-corrected chi connectivity index (χ0v) is 19.2. The fraction of sp³-hybridized carbons (Fsp3) is 0.333. The minimum Gasteiger partial charge on any atom is -0.494 e. The molecule has 1 aliphatic heterocycles. The standard InChI is InChI=1S/C21H26N4O5S2/c1-2-29-17-10-8-16(9-11-17)25-32(27,28)19-7-3-5-15(13-19)20(26)23-24-21(31)22-14-18-6-4-12-30-18/h3,5,7-11,13,18,25H,2,4,6,12,14H2,1H3,(H,23,26)(H2,22,24,31). The lowest BCUT2D eigenvalue weighted by Gasteiger charge is -2.15. The van der Waals surface area contributed by atoms with E-state index in [1.165, 1.54) is 24.3 Å². The number of amides is 1. The van der Waals surface area contributed by atoms with Gasteiger partial charge in [0.25, 0.3) is 15.9 Å². The van der Waals surface area contributed by atoms with Gasteiger partial charge in [0, 0.05) is 24.4 Å². The number of anilines is 1. The Bertz CT molecular complexity index is 1040. The molecule has 2 aromatic carbocycles. The highest BCUT2D eigenvalue weighted by molar-refractivity contribution is 7.92. The number of rotatable bonds is 8. The van der Waals surface area contributed by atoms with Crippen molar-refractivity contribution in [2.75, 3.05) is 24.5 Å². The summed E-state index contributed by atoms with van der Waals surface area (Å²) in [5, 5.41) is 3.22. The van der Waals surface area contributed by atoms with Gasteiger partial charge in [-0.1, -0.05) is 6.07 Å². The SMILES string of the molecule is CCOc1ccc(NS(=O)(=O)c2cccc(C(=O)NNC(=S)NCC3CCCO3)c2)cc1. The predicted molar refractivity (Wildman–Crippen MR) is 125 cm³/mol. The molecule has 11 heteroatoms. The van der Waals surface area contributed by atoms with Crippen LogP contribution in [0, 0.1) is 0 Å². The van der Waals surface area contributed by atoms with Crippen molar-refractivity contribution in [3.8, 4) is 5.75 Å². The number of hydrazine groups is 1. The average Bonchev–Trinajstić information content (AvgIpc) is 3.31. The van der Waals surface area contributed by atoms with Gasteiger partial charge in [0.05, 0.1) is 17.6 Å². The topological polar surface area (TPSA) is 118 Å². The Hall–Kier alpha value is -2.89. The molecule has 0 saturated carbocycles. The van der Waals surface area contributed by atoms with Gasteiger partial charge in [0.1, 0.15) is 5.75 Å². The number of hydrogen-bond donors (Lipinski definition) is 4. The summed E-state index contributed by atoms with van der Waals surface area (Å²) < 4.78 is 38.8. The third kappa shape index (κ3) is 6.81. The van der Waals surface area contributed by atoms with Crippen molar-refractivity contribution >= 4 is 38.9 Å². The van der Waals surface area contributed by atoms with Crippen molar-refractivity contribution in [1.82, 2.24) is 16.2 Å². The Kier molecular flexibility index (Phi) is 8.26. The Morgan fingerprint density at radius 2 is 1.97 bits per heavy atom. The van der Waals surface area contributed by atoms with Gasteiger partial charge in [-0.25, -0.2) is 8.42 Å². The van der Waals surface area contributed by atoms with Crippen LogP contribution in [0.5, 0.6) is 5.75 Å². The number of ether oxygens (including phenoxy) is 2. The van der Waals surface area contributed by atoms with Crippen LogP contribution in [0.2, 0.25) is 0 Å². The molecule has 1 saturated heterocycles. The Labute approximate surface area is 192 Å². The first-order valence-electron chi connectivity index (χ1n) is 10.2. The lowest BCUT2D eigenvalue weighted by Crippen LogP contribution is -2.48. The van der Waals surface area contributed by atoms with E-state index >= 15 is 0 Å². The van der Waals surface area contributed by atoms with Crippen molar-refractivity contribution in [3.63, 3.8) is 0 Å². The molecule has 0 aromatic heterocycles. The second-order valence-electron chi connectivity index (χ2n) is 7.01. The fourth-order valence-electron chi connectivity index (χ4n) is 3.05. The summed E-state index contributed by atoms with van der Waals surface area (Å²) in [4.78, 5) is 12.4. The van der Waals surface area contributed by atoms with E-state index in [1.807, 2.05) is 6.92 Å². The van der Waals surface area contributed by atoms with Crippen molar-refractivity contribution in [2.24, 2.45) is 0 Å². The highest BCUT2D eigenvalue weighted by atomic mass is 32.2. The van der Waals surface area contributed by atoms with Crippen LogP contribution < -0.4 is 25.6 Å². The number of thiocarbonyl (C=S) groups is 1. The minimum atomic E-state index is -3.89. The van der Waals surface area contributed by atoms with Crippen LogP contribution >= 0.6 is 12.2 Å². The largest absolute Gasteiger partial charge is 0.494 e. The third-order valence-electron chi connectivity index (χ3n) is 4.63. The van der Waals surface area contributed by atoms with Crippen LogP contribution in [-0.4, -0.2) is 45.3 Å². The van der Waals surface area contributed by atoms with Crippen molar-refractivity contribution in [1.29, 1.82) is 0 Å². The summed E-state index contributed by atoms with van der Waals surface area (Å²) in [5.74, 6) is 0.120. The van der Waals surface area contributed by atoms with Gasteiger partial charge in [0.2, 0.25) is 0 Å². The summed E-state index contributed by atoms with van der Waals surface area (Å²) in [7, 11) is -3.89. The quantitative estimate of drug-likeness (QED) is 0.337. The van der Waals surface area contributed by atoms with E-state index in [9.17, 15) is 13.2 Å². The molecule has 1 amide bonds. The molecule has 4 N–H and O–H groups in total. The molecular weight excluding hydrogens is 452 g/mol. The number of benzene rings is 2. The van der Waals surface area contributed by atoms with Crippen LogP contribution in [0.3, 0.4) is 0 Å². The Morgan fingerprint density at radius 3 is 2.66 bits per heavy atom. The van der Waals surface area contributed by atoms with E-state index < -0.39 is 15.9 Å². The smallest absolute Gasteiger partial charge is 0.269 e. The molecule has 0 bridgehead atoms. The molecule has 9 nitrogen and oxygen atoms in total. The van der Waals surface area contributed by atoms with Crippen LogP contribution in [-0.2, 0) is 14.8 Å². The van der Waals surface area contributed by atoms with Crippen LogP contribution in [0.1, 0.15) is 30.1 Å². The second kappa shape index (κ2) is 11.1. The maximum Gasteiger partial charge on any atom is 0.269 e. The molecule has 1 atom stereocenters. The Balaban J connectivity index is 1.56. The lowest BCUT2D eigenvalue weighted by molar-refractivity contribution is 0.0943. The summed E-state index contributed by atoms with van der Waals surface area (Å²) in [6, 6.07) is 12.3. The first-order valence-corrected chi connectivity index (χ1v) is 12.1. The number of nitrogens with one attached hydrogen (secondary N) is 4. The summed E-state index contributed by atoms with van der Waals surface area (Å²) in [6.07, 6.45) is 2.10. The van der Waals surface area contributed by atoms with E-state index in [0.29, 0.717) is 24.6 Å². The maximum absolute atomic E-state index is 12.7. The lowest BCUT2D eigenvalue weighted by atomic mass is 10.2. The zero-order valence-electron chi connectivity index (χ0n) is 17.6. The predicted octanol–water partition coefficient (Wildman–Crippen LogP) is 2.17. The highest BCUT2D eigenvalue weighted by Crippen LogP contribution is 2.20. The molecule has 2 aromatic rings. The van der Waals surface area contributed by atoms with E-state index in [0.717, 1.165) is 19.4 Å².